The molecule has 0 amide bonds. The normalized spacial score (nSPS) is 11.2. The number of carbonyl (C=O) groups is 1. The molecular weight excluding hydrogens is 340 g/mol. The fourth-order valence-corrected chi connectivity index (χ4v) is 2.54. The molecule has 0 aliphatic heterocycles. The highest BCUT2D eigenvalue weighted by molar-refractivity contribution is 6.30. The molecule has 1 aromatic carbocycles. The van der Waals surface area contributed by atoms with Crippen LogP contribution in [-0.4, -0.2) is 15.6 Å². The molecule has 2 heterocycles. The second-order valence-electron chi connectivity index (χ2n) is 5.55. The largest absolute Gasteiger partial charge is 0.486 e. The zero-order chi connectivity index (χ0) is 17.8. The molecule has 0 atom stereocenters. The van der Waals surface area contributed by atoms with Crippen molar-refractivity contribution in [1.29, 1.82) is 0 Å². The first-order chi connectivity index (χ1) is 12.0. The number of carbonyl (C=O) groups excluding carboxylic acids is 1. The molecule has 0 saturated heterocycles. The first-order valence-corrected chi connectivity index (χ1v) is 8.09. The minimum atomic E-state index is -0.112. The Morgan fingerprint density at radius 3 is 2.92 bits per heavy atom. The Hall–Kier alpha value is -2.79. The van der Waals surface area contributed by atoms with Crippen LogP contribution in [0.5, 0.6) is 5.75 Å². The van der Waals surface area contributed by atoms with Gasteiger partial charge >= 0.3 is 0 Å². The molecule has 128 valence electrons. The van der Waals surface area contributed by atoms with Crippen LogP contribution in [0, 0.1) is 6.92 Å². The van der Waals surface area contributed by atoms with Gasteiger partial charge in [0.1, 0.15) is 23.9 Å². The number of nitrogens with zero attached hydrogens (tertiary/aromatic N) is 2. The van der Waals surface area contributed by atoms with Crippen LogP contribution >= 0.6 is 11.6 Å². The van der Waals surface area contributed by atoms with E-state index in [-0.39, 0.29) is 12.4 Å². The summed E-state index contributed by atoms with van der Waals surface area (Å²) in [6.07, 6.45) is 4.82. The van der Waals surface area contributed by atoms with Gasteiger partial charge in [-0.1, -0.05) is 17.7 Å². The number of halogens is 1. The zero-order valence-electron chi connectivity index (χ0n) is 13.9. The molecule has 25 heavy (non-hydrogen) atoms. The van der Waals surface area contributed by atoms with Crippen LogP contribution in [0.4, 0.5) is 0 Å². The quantitative estimate of drug-likeness (QED) is 0.483. The average molecular weight is 357 g/mol. The number of hydrogen-bond donors (Lipinski definition) is 0. The molecule has 0 N–H and O–H groups in total. The van der Waals surface area contributed by atoms with Crippen molar-refractivity contribution in [2.75, 3.05) is 0 Å². The molecule has 0 aliphatic carbocycles. The van der Waals surface area contributed by atoms with Gasteiger partial charge in [-0.3, -0.25) is 9.48 Å². The van der Waals surface area contributed by atoms with Gasteiger partial charge in [-0.25, -0.2) is 0 Å². The summed E-state index contributed by atoms with van der Waals surface area (Å²) in [7, 11) is 1.78. The summed E-state index contributed by atoms with van der Waals surface area (Å²) in [6.45, 7) is 2.09. The predicted molar refractivity (Wildman–Crippen MR) is 95.8 cm³/mol. The number of benzene rings is 1. The highest BCUT2D eigenvalue weighted by Gasteiger charge is 2.10. The number of aromatic nitrogens is 2. The first kappa shape index (κ1) is 17.0. The van der Waals surface area contributed by atoms with Gasteiger partial charge in [0.2, 0.25) is 0 Å². The predicted octanol–water partition coefficient (Wildman–Crippen LogP) is 4.45. The monoisotopic (exact) mass is 356 g/mol. The van der Waals surface area contributed by atoms with E-state index in [1.165, 1.54) is 6.08 Å². The molecule has 0 aliphatic rings. The van der Waals surface area contributed by atoms with Crippen molar-refractivity contribution in [3.8, 4) is 5.75 Å². The second-order valence-corrected chi connectivity index (χ2v) is 5.99. The van der Waals surface area contributed by atoms with Gasteiger partial charge in [-0.05, 0) is 49.4 Å². The zero-order valence-corrected chi connectivity index (χ0v) is 14.7. The SMILES string of the molecule is Cc1nn(C)cc1C(=O)/C=C/c1ccc(COc2cccc(Cl)c2)o1. The van der Waals surface area contributed by atoms with Gasteiger partial charge in [0.05, 0.1) is 11.3 Å². The van der Waals surface area contributed by atoms with Crippen LogP contribution in [-0.2, 0) is 13.7 Å². The maximum Gasteiger partial charge on any atom is 0.189 e. The summed E-state index contributed by atoms with van der Waals surface area (Å²) >= 11 is 5.91. The minimum absolute atomic E-state index is 0.112. The van der Waals surface area contributed by atoms with E-state index >= 15 is 0 Å². The molecule has 0 spiro atoms. The summed E-state index contributed by atoms with van der Waals surface area (Å²) in [6, 6.07) is 10.8. The Morgan fingerprint density at radius 2 is 2.20 bits per heavy atom. The fourth-order valence-electron chi connectivity index (χ4n) is 2.36. The lowest BCUT2D eigenvalue weighted by Gasteiger charge is -2.03. The molecule has 6 heteroatoms. The van der Waals surface area contributed by atoms with E-state index in [0.29, 0.717) is 33.6 Å². The van der Waals surface area contributed by atoms with Gasteiger partial charge < -0.3 is 9.15 Å². The van der Waals surface area contributed by atoms with Gasteiger partial charge in [-0.2, -0.15) is 5.10 Å². The highest BCUT2D eigenvalue weighted by atomic mass is 35.5. The van der Waals surface area contributed by atoms with Crippen molar-refractivity contribution in [1.82, 2.24) is 9.78 Å². The maximum atomic E-state index is 12.2. The molecule has 0 unspecified atom stereocenters. The van der Waals surface area contributed by atoms with E-state index < -0.39 is 0 Å². The fraction of sp³-hybridized carbons (Fsp3) is 0.158. The van der Waals surface area contributed by atoms with E-state index in [2.05, 4.69) is 5.10 Å². The Morgan fingerprint density at radius 1 is 1.36 bits per heavy atom. The van der Waals surface area contributed by atoms with Crippen molar-refractivity contribution in [3.63, 3.8) is 0 Å². The number of aryl methyl sites for hydroxylation is 2. The molecule has 3 aromatic rings. The third-order valence-electron chi connectivity index (χ3n) is 3.54. The van der Waals surface area contributed by atoms with Gasteiger partial charge in [-0.15, -0.1) is 0 Å². The number of ketones is 1. The maximum absolute atomic E-state index is 12.2. The molecule has 0 radical (unpaired) electrons. The third kappa shape index (κ3) is 4.39. The van der Waals surface area contributed by atoms with Crippen LogP contribution in [0.25, 0.3) is 6.08 Å². The van der Waals surface area contributed by atoms with Crippen molar-refractivity contribution in [3.05, 3.63) is 76.5 Å². The topological polar surface area (TPSA) is 57.3 Å². The van der Waals surface area contributed by atoms with Crippen molar-refractivity contribution in [2.45, 2.75) is 13.5 Å². The van der Waals surface area contributed by atoms with Crippen LogP contribution in [0.3, 0.4) is 0 Å². The average Bonchev–Trinajstić information content (AvgIpc) is 3.17. The van der Waals surface area contributed by atoms with E-state index in [4.69, 9.17) is 20.8 Å². The first-order valence-electron chi connectivity index (χ1n) is 7.71. The molecular formula is C19H17ClN2O3. The number of rotatable bonds is 6. The Kier molecular flexibility index (Phi) is 5.05. The molecule has 2 aromatic heterocycles. The molecule has 5 nitrogen and oxygen atoms in total. The van der Waals surface area contributed by atoms with Crippen molar-refractivity contribution in [2.24, 2.45) is 7.05 Å². The van der Waals surface area contributed by atoms with Crippen LogP contribution in [0.1, 0.15) is 27.6 Å². The summed E-state index contributed by atoms with van der Waals surface area (Å²) < 4.78 is 12.9. The Bertz CT molecular complexity index is 924. The van der Waals surface area contributed by atoms with E-state index in [1.54, 1.807) is 49.1 Å². The molecule has 0 fully saturated rings. The second kappa shape index (κ2) is 7.40. The van der Waals surface area contributed by atoms with Crippen LogP contribution in [0.2, 0.25) is 5.02 Å². The third-order valence-corrected chi connectivity index (χ3v) is 3.77. The highest BCUT2D eigenvalue weighted by Crippen LogP contribution is 2.19. The van der Waals surface area contributed by atoms with Gasteiger partial charge in [0.25, 0.3) is 0 Å². The van der Waals surface area contributed by atoms with Crippen LogP contribution in [0.15, 0.2) is 53.1 Å². The van der Waals surface area contributed by atoms with Crippen LogP contribution < -0.4 is 4.74 Å². The van der Waals surface area contributed by atoms with E-state index in [0.717, 1.165) is 0 Å². The Labute approximate surface area is 150 Å². The summed E-state index contributed by atoms with van der Waals surface area (Å²) in [5.41, 5.74) is 1.28. The number of ether oxygens (including phenoxy) is 1. The van der Waals surface area contributed by atoms with E-state index in [1.807, 2.05) is 18.2 Å². The lowest BCUT2D eigenvalue weighted by Crippen LogP contribution is -1.94. The molecule has 0 saturated carbocycles. The van der Waals surface area contributed by atoms with Crippen molar-refractivity contribution < 1.29 is 13.9 Å². The smallest absolute Gasteiger partial charge is 0.189 e. The number of furan rings is 1. The van der Waals surface area contributed by atoms with Gasteiger partial charge in [0.15, 0.2) is 5.78 Å². The standard InChI is InChI=1S/C19H17ClN2O3/c1-13-18(11-22(2)21-13)19(23)9-8-15-6-7-17(25-15)12-24-16-5-3-4-14(20)10-16/h3-11H,12H2,1-2H3/b9-8+. The molecule has 3 rings (SSSR count). The van der Waals surface area contributed by atoms with Crippen molar-refractivity contribution >= 4 is 23.5 Å². The van der Waals surface area contributed by atoms with Gasteiger partial charge in [0, 0.05) is 18.3 Å². The minimum Gasteiger partial charge on any atom is -0.486 e. The van der Waals surface area contributed by atoms with E-state index in [9.17, 15) is 4.79 Å². The summed E-state index contributed by atoms with van der Waals surface area (Å²) in [5.74, 6) is 1.80. The lowest BCUT2D eigenvalue weighted by molar-refractivity contribution is 0.104. The number of allylic oxidation sites excluding steroid dienone is 1. The lowest BCUT2D eigenvalue weighted by atomic mass is 10.1. The molecule has 0 bridgehead atoms. The Balaban J connectivity index is 1.61. The number of hydrogen-bond acceptors (Lipinski definition) is 4. The summed E-state index contributed by atoms with van der Waals surface area (Å²) in [5, 5.41) is 4.78. The summed E-state index contributed by atoms with van der Waals surface area (Å²) in [4.78, 5) is 12.2.